The van der Waals surface area contributed by atoms with Gasteiger partial charge in [0, 0.05) is 28.5 Å². The molecule has 2 rings (SSSR count). The van der Waals surface area contributed by atoms with Gasteiger partial charge in [-0.3, -0.25) is 4.79 Å². The van der Waals surface area contributed by atoms with Crippen molar-refractivity contribution in [2.24, 2.45) is 0 Å². The minimum Gasteiger partial charge on any atom is -0.362 e. The maximum absolute atomic E-state index is 12.0. The van der Waals surface area contributed by atoms with E-state index in [0.29, 0.717) is 25.7 Å². The van der Waals surface area contributed by atoms with Crippen LogP contribution in [0, 0.1) is 0 Å². The molecule has 2 aromatic carbocycles. The summed E-state index contributed by atoms with van der Waals surface area (Å²) in [5.41, 5.74) is 1.10. The number of halogens is 4. The molecule has 0 aliphatic rings. The number of ketones is 1. The molecule has 0 saturated heterocycles. The molecule has 0 amide bonds. The van der Waals surface area contributed by atoms with Crippen LogP contribution in [0.5, 0.6) is 0 Å². The van der Waals surface area contributed by atoms with Crippen molar-refractivity contribution in [1.82, 2.24) is 0 Å². The van der Waals surface area contributed by atoms with Crippen LogP contribution in [0.4, 0.5) is 5.69 Å². The zero-order valence-electron chi connectivity index (χ0n) is 10.5. The lowest BCUT2D eigenvalue weighted by atomic mass is 10.1. The highest BCUT2D eigenvalue weighted by Crippen LogP contribution is 2.25. The van der Waals surface area contributed by atoms with Crippen molar-refractivity contribution in [2.75, 3.05) is 5.32 Å². The van der Waals surface area contributed by atoms with Crippen LogP contribution in [0.25, 0.3) is 0 Å². The Balaban J connectivity index is 2.06. The van der Waals surface area contributed by atoms with Gasteiger partial charge in [-0.05, 0) is 36.4 Å². The van der Waals surface area contributed by atoms with Gasteiger partial charge in [0.25, 0.3) is 0 Å². The Morgan fingerprint density at radius 1 is 0.905 bits per heavy atom. The van der Waals surface area contributed by atoms with Crippen LogP contribution < -0.4 is 5.32 Å². The summed E-state index contributed by atoms with van der Waals surface area (Å²) in [6.45, 7) is 0. The molecule has 6 heteroatoms. The Hall–Kier alpha value is -1.19. The predicted octanol–water partition coefficient (Wildman–Crippen LogP) is 6.11. The van der Waals surface area contributed by atoms with Gasteiger partial charge in [-0.1, -0.05) is 46.4 Å². The third kappa shape index (κ3) is 4.39. The van der Waals surface area contributed by atoms with Gasteiger partial charge in [0.2, 0.25) is 0 Å². The van der Waals surface area contributed by atoms with Gasteiger partial charge >= 0.3 is 0 Å². The van der Waals surface area contributed by atoms with Crippen LogP contribution >= 0.6 is 46.4 Å². The molecule has 2 aromatic rings. The molecule has 0 fully saturated rings. The van der Waals surface area contributed by atoms with Crippen LogP contribution in [0.1, 0.15) is 10.4 Å². The van der Waals surface area contributed by atoms with E-state index in [1.54, 1.807) is 30.3 Å². The van der Waals surface area contributed by atoms with Crippen molar-refractivity contribution < 1.29 is 4.79 Å². The first-order valence-corrected chi connectivity index (χ1v) is 7.36. The van der Waals surface area contributed by atoms with Gasteiger partial charge < -0.3 is 5.32 Å². The second-order valence-electron chi connectivity index (χ2n) is 4.09. The smallest absolute Gasteiger partial charge is 0.188 e. The Labute approximate surface area is 142 Å². The Morgan fingerprint density at radius 2 is 1.67 bits per heavy atom. The number of carbonyl (C=O) groups is 1. The van der Waals surface area contributed by atoms with Gasteiger partial charge in [-0.25, -0.2) is 0 Å². The van der Waals surface area contributed by atoms with Crippen molar-refractivity contribution in [3.05, 3.63) is 74.3 Å². The van der Waals surface area contributed by atoms with Gasteiger partial charge in [-0.2, -0.15) is 0 Å². The number of hydrogen-bond donors (Lipinski definition) is 1. The molecule has 0 aromatic heterocycles. The SMILES string of the molecule is O=C(/C=C\Nc1ccc(Cl)c(Cl)c1)c1ccc(Cl)cc1Cl. The largest absolute Gasteiger partial charge is 0.362 e. The van der Waals surface area contributed by atoms with Crippen molar-refractivity contribution in [3.63, 3.8) is 0 Å². The maximum atomic E-state index is 12.0. The molecule has 0 radical (unpaired) electrons. The average molecular weight is 361 g/mol. The van der Waals surface area contributed by atoms with Crippen LogP contribution in [0.2, 0.25) is 20.1 Å². The van der Waals surface area contributed by atoms with Crippen LogP contribution in [0.3, 0.4) is 0 Å². The fourth-order valence-electron chi connectivity index (χ4n) is 1.58. The van der Waals surface area contributed by atoms with E-state index in [2.05, 4.69) is 5.32 Å². The van der Waals surface area contributed by atoms with E-state index in [4.69, 9.17) is 46.4 Å². The topological polar surface area (TPSA) is 29.1 Å². The highest BCUT2D eigenvalue weighted by Gasteiger charge is 2.07. The molecule has 0 spiro atoms. The summed E-state index contributed by atoms with van der Waals surface area (Å²) in [5.74, 6) is -0.232. The molecule has 0 atom stereocenters. The predicted molar refractivity (Wildman–Crippen MR) is 90.0 cm³/mol. The van der Waals surface area contributed by atoms with Gasteiger partial charge in [0.1, 0.15) is 0 Å². The zero-order chi connectivity index (χ0) is 15.4. The van der Waals surface area contributed by atoms with E-state index in [1.165, 1.54) is 18.3 Å². The molecule has 21 heavy (non-hydrogen) atoms. The number of rotatable bonds is 4. The molecular formula is C15H9Cl4NO. The second kappa shape index (κ2) is 7.19. The minimum atomic E-state index is -0.232. The van der Waals surface area contributed by atoms with E-state index in [1.807, 2.05) is 0 Å². The van der Waals surface area contributed by atoms with Gasteiger partial charge in [0.15, 0.2) is 5.78 Å². The lowest BCUT2D eigenvalue weighted by Gasteiger charge is -2.03. The van der Waals surface area contributed by atoms with E-state index < -0.39 is 0 Å². The first-order chi connectivity index (χ1) is 9.97. The van der Waals surface area contributed by atoms with E-state index >= 15 is 0 Å². The summed E-state index contributed by atoms with van der Waals surface area (Å²) in [7, 11) is 0. The number of allylic oxidation sites excluding steroid dienone is 1. The molecule has 0 unspecified atom stereocenters. The van der Waals surface area contributed by atoms with Gasteiger partial charge in [-0.15, -0.1) is 0 Å². The second-order valence-corrected chi connectivity index (χ2v) is 5.75. The third-order valence-electron chi connectivity index (χ3n) is 2.60. The molecule has 2 nitrogen and oxygen atoms in total. The summed E-state index contributed by atoms with van der Waals surface area (Å²) in [4.78, 5) is 12.0. The number of hydrogen-bond acceptors (Lipinski definition) is 2. The van der Waals surface area contributed by atoms with Crippen molar-refractivity contribution in [1.29, 1.82) is 0 Å². The third-order valence-corrected chi connectivity index (χ3v) is 3.89. The van der Waals surface area contributed by atoms with E-state index in [9.17, 15) is 4.79 Å². The molecule has 0 aliphatic carbocycles. The fraction of sp³-hybridized carbons (Fsp3) is 0. The summed E-state index contributed by atoms with van der Waals surface area (Å²) in [6, 6.07) is 9.79. The molecule has 108 valence electrons. The van der Waals surface area contributed by atoms with E-state index in [-0.39, 0.29) is 5.78 Å². The quantitative estimate of drug-likeness (QED) is 0.526. The fourth-order valence-corrected chi connectivity index (χ4v) is 2.38. The number of carbonyl (C=O) groups excluding carboxylic acids is 1. The van der Waals surface area contributed by atoms with Gasteiger partial charge in [0.05, 0.1) is 15.1 Å². The zero-order valence-corrected chi connectivity index (χ0v) is 13.6. The summed E-state index contributed by atoms with van der Waals surface area (Å²) in [5, 5.41) is 4.62. The Bertz CT molecular complexity index is 713. The Morgan fingerprint density at radius 3 is 2.33 bits per heavy atom. The molecular weight excluding hydrogens is 352 g/mol. The average Bonchev–Trinajstić information content (AvgIpc) is 2.42. The molecule has 0 bridgehead atoms. The summed E-state index contributed by atoms with van der Waals surface area (Å²) in [6.07, 6.45) is 2.88. The number of nitrogens with one attached hydrogen (secondary N) is 1. The highest BCUT2D eigenvalue weighted by atomic mass is 35.5. The molecule has 0 aliphatic heterocycles. The minimum absolute atomic E-state index is 0.232. The normalized spacial score (nSPS) is 10.9. The van der Waals surface area contributed by atoms with Crippen molar-refractivity contribution in [3.8, 4) is 0 Å². The highest BCUT2D eigenvalue weighted by molar-refractivity contribution is 6.42. The summed E-state index contributed by atoms with van der Waals surface area (Å²) < 4.78 is 0. The summed E-state index contributed by atoms with van der Waals surface area (Å²) >= 11 is 23.5. The number of benzene rings is 2. The van der Waals surface area contributed by atoms with Crippen LogP contribution in [0.15, 0.2) is 48.7 Å². The lowest BCUT2D eigenvalue weighted by Crippen LogP contribution is -1.97. The molecule has 0 saturated carbocycles. The Kier molecular flexibility index (Phi) is 5.54. The first-order valence-electron chi connectivity index (χ1n) is 5.85. The van der Waals surface area contributed by atoms with E-state index in [0.717, 1.165) is 5.69 Å². The van der Waals surface area contributed by atoms with Crippen LogP contribution in [-0.4, -0.2) is 5.78 Å². The molecule has 1 N–H and O–H groups in total. The standard InChI is InChI=1S/C15H9Cl4NO/c16-9-1-3-11(13(18)7-9)15(21)5-6-20-10-2-4-12(17)14(19)8-10/h1-8,20H/b6-5-. The maximum Gasteiger partial charge on any atom is 0.188 e. The van der Waals surface area contributed by atoms with Crippen LogP contribution in [-0.2, 0) is 0 Å². The monoisotopic (exact) mass is 359 g/mol. The van der Waals surface area contributed by atoms with Crippen molar-refractivity contribution in [2.45, 2.75) is 0 Å². The first kappa shape index (κ1) is 16.2. The number of anilines is 1. The van der Waals surface area contributed by atoms with Crippen molar-refractivity contribution >= 4 is 57.9 Å². The lowest BCUT2D eigenvalue weighted by molar-refractivity contribution is 0.104. The molecule has 0 heterocycles.